The molecule has 0 heterocycles. The molecule has 1 rings (SSSR count). The average Bonchev–Trinajstić information content (AvgIpc) is 2.39. The van der Waals surface area contributed by atoms with Gasteiger partial charge in [0.05, 0.1) is 6.04 Å². The van der Waals surface area contributed by atoms with Gasteiger partial charge >= 0.3 is 0 Å². The Morgan fingerprint density at radius 1 is 1.39 bits per heavy atom. The van der Waals surface area contributed by atoms with Crippen molar-refractivity contribution in [1.82, 2.24) is 5.32 Å². The molecular formula is C14H22N2O2. The van der Waals surface area contributed by atoms with Gasteiger partial charge in [0.1, 0.15) is 5.75 Å². The standard InChI is InChI=1S/C14H22N2O2/c1-3-10(2)13(15)14(18)16-9-8-11-4-6-12(17)7-5-11/h4-7,10,13,17H,3,8-9,15H2,1-2H3,(H,16,18). The molecule has 4 nitrogen and oxygen atoms in total. The van der Waals surface area contributed by atoms with E-state index in [4.69, 9.17) is 10.8 Å². The first-order valence-corrected chi connectivity index (χ1v) is 6.35. The van der Waals surface area contributed by atoms with E-state index in [0.29, 0.717) is 6.54 Å². The van der Waals surface area contributed by atoms with Gasteiger partial charge in [-0.25, -0.2) is 0 Å². The van der Waals surface area contributed by atoms with Gasteiger partial charge in [-0.05, 0) is 30.0 Å². The fraction of sp³-hybridized carbons (Fsp3) is 0.500. The van der Waals surface area contributed by atoms with Gasteiger partial charge in [-0.3, -0.25) is 4.79 Å². The maximum absolute atomic E-state index is 11.7. The van der Waals surface area contributed by atoms with Crippen molar-refractivity contribution in [3.63, 3.8) is 0 Å². The van der Waals surface area contributed by atoms with E-state index in [1.807, 2.05) is 26.0 Å². The fourth-order valence-corrected chi connectivity index (χ4v) is 1.62. The lowest BCUT2D eigenvalue weighted by Crippen LogP contribution is -2.45. The number of aromatic hydroxyl groups is 1. The number of nitrogens with one attached hydrogen (secondary N) is 1. The highest BCUT2D eigenvalue weighted by molar-refractivity contribution is 5.81. The Hall–Kier alpha value is -1.55. The molecular weight excluding hydrogens is 228 g/mol. The lowest BCUT2D eigenvalue weighted by atomic mass is 9.99. The van der Waals surface area contributed by atoms with E-state index in [1.165, 1.54) is 0 Å². The molecule has 2 unspecified atom stereocenters. The molecule has 1 aromatic rings. The molecule has 4 N–H and O–H groups in total. The number of benzene rings is 1. The van der Waals surface area contributed by atoms with Crippen LogP contribution < -0.4 is 11.1 Å². The summed E-state index contributed by atoms with van der Waals surface area (Å²) in [6.07, 6.45) is 1.63. The van der Waals surface area contributed by atoms with Crippen LogP contribution in [-0.4, -0.2) is 23.6 Å². The van der Waals surface area contributed by atoms with Gasteiger partial charge in [-0.2, -0.15) is 0 Å². The van der Waals surface area contributed by atoms with Gasteiger partial charge in [0, 0.05) is 6.54 Å². The van der Waals surface area contributed by atoms with Crippen molar-refractivity contribution < 1.29 is 9.90 Å². The van der Waals surface area contributed by atoms with Gasteiger partial charge in [-0.1, -0.05) is 32.4 Å². The number of phenolic OH excluding ortho intramolecular Hbond substituents is 1. The maximum Gasteiger partial charge on any atom is 0.237 e. The van der Waals surface area contributed by atoms with Gasteiger partial charge in [0.2, 0.25) is 5.91 Å². The van der Waals surface area contributed by atoms with Crippen LogP contribution in [0.1, 0.15) is 25.8 Å². The molecule has 100 valence electrons. The van der Waals surface area contributed by atoms with Crippen molar-refractivity contribution >= 4 is 5.91 Å². The van der Waals surface area contributed by atoms with Crippen LogP contribution in [0.5, 0.6) is 5.75 Å². The van der Waals surface area contributed by atoms with Crippen molar-refractivity contribution in [3.8, 4) is 5.75 Å². The molecule has 0 saturated heterocycles. The molecule has 0 spiro atoms. The Bertz CT molecular complexity index is 376. The number of hydrogen-bond donors (Lipinski definition) is 3. The zero-order chi connectivity index (χ0) is 13.5. The third-order valence-electron chi connectivity index (χ3n) is 3.21. The molecule has 0 aromatic heterocycles. The minimum Gasteiger partial charge on any atom is -0.508 e. The highest BCUT2D eigenvalue weighted by Crippen LogP contribution is 2.09. The molecule has 0 radical (unpaired) electrons. The summed E-state index contributed by atoms with van der Waals surface area (Å²) in [6, 6.07) is 6.53. The highest BCUT2D eigenvalue weighted by Gasteiger charge is 2.18. The second-order valence-electron chi connectivity index (χ2n) is 4.62. The summed E-state index contributed by atoms with van der Waals surface area (Å²) in [5.74, 6) is 0.350. The van der Waals surface area contributed by atoms with E-state index in [9.17, 15) is 4.79 Å². The number of rotatable bonds is 6. The summed E-state index contributed by atoms with van der Waals surface area (Å²) in [6.45, 7) is 4.56. The number of nitrogens with two attached hydrogens (primary N) is 1. The Labute approximate surface area is 108 Å². The van der Waals surface area contributed by atoms with E-state index in [-0.39, 0.29) is 17.6 Å². The summed E-state index contributed by atoms with van der Waals surface area (Å²) < 4.78 is 0. The van der Waals surface area contributed by atoms with Crippen LogP contribution in [-0.2, 0) is 11.2 Å². The summed E-state index contributed by atoms with van der Waals surface area (Å²) in [5, 5.41) is 12.0. The molecule has 0 aliphatic heterocycles. The number of amides is 1. The SMILES string of the molecule is CCC(C)C(N)C(=O)NCCc1ccc(O)cc1. The Balaban J connectivity index is 2.33. The molecule has 0 saturated carbocycles. The first kappa shape index (κ1) is 14.5. The number of carbonyl (C=O) groups is 1. The molecule has 0 bridgehead atoms. The first-order chi connectivity index (χ1) is 8.54. The van der Waals surface area contributed by atoms with Crippen LogP contribution in [0.15, 0.2) is 24.3 Å². The third-order valence-corrected chi connectivity index (χ3v) is 3.21. The summed E-state index contributed by atoms with van der Waals surface area (Å²) >= 11 is 0. The molecule has 1 amide bonds. The summed E-state index contributed by atoms with van der Waals surface area (Å²) in [7, 11) is 0. The van der Waals surface area contributed by atoms with E-state index in [2.05, 4.69) is 5.32 Å². The Morgan fingerprint density at radius 2 is 2.00 bits per heavy atom. The molecule has 0 fully saturated rings. The van der Waals surface area contributed by atoms with Gasteiger partial charge in [-0.15, -0.1) is 0 Å². The zero-order valence-corrected chi connectivity index (χ0v) is 11.0. The van der Waals surface area contributed by atoms with Crippen LogP contribution in [0.3, 0.4) is 0 Å². The number of phenols is 1. The van der Waals surface area contributed by atoms with Gasteiger partial charge in [0.15, 0.2) is 0 Å². The Morgan fingerprint density at radius 3 is 2.56 bits per heavy atom. The van der Waals surface area contributed by atoms with E-state index >= 15 is 0 Å². The van der Waals surface area contributed by atoms with E-state index in [0.717, 1.165) is 18.4 Å². The quantitative estimate of drug-likeness (QED) is 0.715. The second kappa shape index (κ2) is 7.01. The minimum atomic E-state index is -0.435. The lowest BCUT2D eigenvalue weighted by Gasteiger charge is -2.17. The van der Waals surface area contributed by atoms with Crippen molar-refractivity contribution in [1.29, 1.82) is 0 Å². The van der Waals surface area contributed by atoms with Crippen molar-refractivity contribution in [2.24, 2.45) is 11.7 Å². The molecule has 1 aromatic carbocycles. The molecule has 2 atom stereocenters. The van der Waals surface area contributed by atoms with E-state index in [1.54, 1.807) is 12.1 Å². The van der Waals surface area contributed by atoms with Gasteiger partial charge in [0.25, 0.3) is 0 Å². The lowest BCUT2D eigenvalue weighted by molar-refractivity contribution is -0.123. The van der Waals surface area contributed by atoms with Crippen LogP contribution in [0.25, 0.3) is 0 Å². The average molecular weight is 250 g/mol. The summed E-state index contributed by atoms with van der Waals surface area (Å²) in [5.41, 5.74) is 6.90. The minimum absolute atomic E-state index is 0.0943. The molecule has 0 aliphatic rings. The molecule has 4 heteroatoms. The maximum atomic E-state index is 11.7. The van der Waals surface area contributed by atoms with Crippen LogP contribution in [0.4, 0.5) is 0 Å². The van der Waals surface area contributed by atoms with Crippen molar-refractivity contribution in [2.75, 3.05) is 6.54 Å². The normalized spacial score (nSPS) is 13.9. The topological polar surface area (TPSA) is 75.4 Å². The number of carbonyl (C=O) groups excluding carboxylic acids is 1. The Kier molecular flexibility index (Phi) is 5.65. The molecule has 0 aliphatic carbocycles. The monoisotopic (exact) mass is 250 g/mol. The van der Waals surface area contributed by atoms with Crippen LogP contribution in [0.2, 0.25) is 0 Å². The highest BCUT2D eigenvalue weighted by atomic mass is 16.3. The van der Waals surface area contributed by atoms with Gasteiger partial charge < -0.3 is 16.2 Å². The second-order valence-corrected chi connectivity index (χ2v) is 4.62. The van der Waals surface area contributed by atoms with Crippen molar-refractivity contribution in [3.05, 3.63) is 29.8 Å². The smallest absolute Gasteiger partial charge is 0.237 e. The third kappa shape index (κ3) is 4.37. The van der Waals surface area contributed by atoms with Crippen LogP contribution >= 0.6 is 0 Å². The van der Waals surface area contributed by atoms with E-state index < -0.39 is 6.04 Å². The van der Waals surface area contributed by atoms with Crippen LogP contribution in [0, 0.1) is 5.92 Å². The molecule has 18 heavy (non-hydrogen) atoms. The van der Waals surface area contributed by atoms with Crippen molar-refractivity contribution in [2.45, 2.75) is 32.7 Å². The first-order valence-electron chi connectivity index (χ1n) is 6.35. The predicted octanol–water partition coefficient (Wildman–Crippen LogP) is 1.42. The predicted molar refractivity (Wildman–Crippen MR) is 72.3 cm³/mol. The number of hydrogen-bond acceptors (Lipinski definition) is 3. The zero-order valence-electron chi connectivity index (χ0n) is 11.0. The fourth-order valence-electron chi connectivity index (χ4n) is 1.62. The largest absolute Gasteiger partial charge is 0.508 e. The summed E-state index contributed by atoms with van der Waals surface area (Å²) in [4.78, 5) is 11.7.